The Morgan fingerprint density at radius 1 is 1.00 bits per heavy atom. The predicted octanol–water partition coefficient (Wildman–Crippen LogP) is 4.05. The van der Waals surface area contributed by atoms with E-state index in [0.717, 1.165) is 19.3 Å². The molecule has 0 bridgehead atoms. The number of ether oxygens (including phenoxy) is 2. The van der Waals surface area contributed by atoms with Crippen LogP contribution in [0.3, 0.4) is 0 Å². The smallest absolute Gasteiger partial charge is 0.358 e. The van der Waals surface area contributed by atoms with E-state index in [1.807, 2.05) is 0 Å². The second kappa shape index (κ2) is 6.54. The molecule has 7 atom stereocenters. The first kappa shape index (κ1) is 23.2. The lowest BCUT2D eigenvalue weighted by Gasteiger charge is -2.68. The number of cyclic esters (lactones) is 1. The van der Waals surface area contributed by atoms with Crippen molar-refractivity contribution in [1.82, 2.24) is 0 Å². The zero-order chi connectivity index (χ0) is 24.1. The first-order valence-electron chi connectivity index (χ1n) is 11.7. The van der Waals surface area contributed by atoms with Crippen LogP contribution in [0.2, 0.25) is 0 Å². The van der Waals surface area contributed by atoms with Crippen molar-refractivity contribution in [2.45, 2.75) is 79.2 Å². The highest BCUT2D eigenvalue weighted by Gasteiger charge is 2.74. The lowest BCUT2D eigenvalue weighted by atomic mass is 9.35. The van der Waals surface area contributed by atoms with E-state index in [9.17, 15) is 19.2 Å². The Labute approximate surface area is 190 Å². The number of allylic oxidation sites excluding steroid dienone is 1. The van der Waals surface area contributed by atoms with Crippen LogP contribution >= 0.6 is 0 Å². The molecule has 32 heavy (non-hydrogen) atoms. The molecule has 1 aliphatic heterocycles. The maximum atomic E-state index is 13.8. The number of esters is 2. The molecule has 176 valence electrons. The minimum atomic E-state index is -1.97. The Hall–Kier alpha value is -1.98. The van der Waals surface area contributed by atoms with Crippen LogP contribution in [0.1, 0.15) is 73.6 Å². The predicted molar refractivity (Wildman–Crippen MR) is 117 cm³/mol. The fraction of sp³-hybridized carbons (Fsp3) is 0.769. The molecule has 0 N–H and O–H groups in total. The molecule has 4 rings (SSSR count). The normalized spacial score (nSPS) is 47.7. The highest BCUT2D eigenvalue weighted by Crippen LogP contribution is 2.72. The fourth-order valence-electron chi connectivity index (χ4n) is 8.45. The number of hydrogen-bond acceptors (Lipinski definition) is 6. The van der Waals surface area contributed by atoms with Crippen LogP contribution in [0.5, 0.6) is 0 Å². The van der Waals surface area contributed by atoms with Gasteiger partial charge in [0, 0.05) is 11.8 Å². The van der Waals surface area contributed by atoms with Gasteiger partial charge in [-0.05, 0) is 62.2 Å². The molecule has 0 aromatic rings. The van der Waals surface area contributed by atoms with Gasteiger partial charge in [0.1, 0.15) is 5.78 Å². The Balaban J connectivity index is 1.84. The summed E-state index contributed by atoms with van der Waals surface area (Å²) in [7, 11) is 1.18. The Bertz CT molecular complexity index is 948. The summed E-state index contributed by atoms with van der Waals surface area (Å²) in [6.07, 6.45) is 3.44. The maximum absolute atomic E-state index is 13.8. The van der Waals surface area contributed by atoms with Gasteiger partial charge >= 0.3 is 11.9 Å². The molecule has 6 nitrogen and oxygen atoms in total. The molecule has 0 aromatic carbocycles. The fourth-order valence-corrected chi connectivity index (χ4v) is 8.45. The monoisotopic (exact) mass is 444 g/mol. The highest BCUT2D eigenvalue weighted by molar-refractivity contribution is 6.15. The Morgan fingerprint density at radius 2 is 1.62 bits per heavy atom. The summed E-state index contributed by atoms with van der Waals surface area (Å²) in [5.74, 6) is -1.94. The first-order chi connectivity index (χ1) is 14.6. The van der Waals surface area contributed by atoms with Crippen molar-refractivity contribution in [3.05, 3.63) is 12.2 Å². The summed E-state index contributed by atoms with van der Waals surface area (Å²) < 4.78 is 10.4. The second-order valence-electron chi connectivity index (χ2n) is 12.0. The molecule has 0 spiro atoms. The molecule has 4 aliphatic rings. The average Bonchev–Trinajstić information content (AvgIpc) is 2.70. The van der Waals surface area contributed by atoms with E-state index in [4.69, 9.17) is 9.47 Å². The van der Waals surface area contributed by atoms with E-state index in [0.29, 0.717) is 24.2 Å². The van der Waals surface area contributed by atoms with Crippen molar-refractivity contribution in [3.63, 3.8) is 0 Å². The van der Waals surface area contributed by atoms with Gasteiger partial charge < -0.3 is 9.47 Å². The van der Waals surface area contributed by atoms with Crippen molar-refractivity contribution in [3.8, 4) is 0 Å². The second-order valence-corrected chi connectivity index (χ2v) is 12.0. The van der Waals surface area contributed by atoms with Gasteiger partial charge in [0.25, 0.3) is 5.60 Å². The lowest BCUT2D eigenvalue weighted by Crippen LogP contribution is -2.71. The van der Waals surface area contributed by atoms with Crippen molar-refractivity contribution in [2.24, 2.45) is 39.4 Å². The van der Waals surface area contributed by atoms with Gasteiger partial charge in [-0.15, -0.1) is 0 Å². The minimum Gasteiger partial charge on any atom is -0.466 e. The number of hydrogen-bond donors (Lipinski definition) is 0. The topological polar surface area (TPSA) is 86.7 Å². The van der Waals surface area contributed by atoms with Gasteiger partial charge in [-0.3, -0.25) is 14.4 Å². The molecule has 0 amide bonds. The summed E-state index contributed by atoms with van der Waals surface area (Å²) in [6.45, 7) is 15.9. The summed E-state index contributed by atoms with van der Waals surface area (Å²) in [5, 5.41) is 0. The first-order valence-corrected chi connectivity index (χ1v) is 11.7. The molecule has 0 radical (unpaired) electrons. The maximum Gasteiger partial charge on any atom is 0.358 e. The summed E-state index contributed by atoms with van der Waals surface area (Å²) >= 11 is 0. The van der Waals surface area contributed by atoms with Gasteiger partial charge in [0.15, 0.2) is 5.78 Å². The molecule has 6 heteroatoms. The standard InChI is InChI=1S/C26H36O6/c1-14-13-16-23(4)12-10-17(27)22(2,3)15(23)9-11-24(16,5)18-19(28)32-26(7,21(30)31-8)20(29)25(14,18)6/h15-16,18H,1,9-13H2,2-8H3. The van der Waals surface area contributed by atoms with E-state index in [-0.39, 0.29) is 17.3 Å². The molecule has 1 heterocycles. The Kier molecular flexibility index (Phi) is 4.74. The van der Waals surface area contributed by atoms with E-state index in [2.05, 4.69) is 34.3 Å². The average molecular weight is 445 g/mol. The van der Waals surface area contributed by atoms with Crippen molar-refractivity contribution in [1.29, 1.82) is 0 Å². The van der Waals surface area contributed by atoms with Crippen LogP contribution in [-0.2, 0) is 28.7 Å². The van der Waals surface area contributed by atoms with Gasteiger partial charge in [-0.2, -0.15) is 0 Å². The molecule has 0 aromatic heterocycles. The SMILES string of the molecule is C=C1CC2C3(C)CCC(=O)C(C)(C)C3CCC2(C)C2C(=O)OC(C)(C(=O)OC)C(=O)C12C. The summed E-state index contributed by atoms with van der Waals surface area (Å²) in [4.78, 5) is 52.7. The van der Waals surface area contributed by atoms with Crippen LogP contribution in [0.4, 0.5) is 0 Å². The van der Waals surface area contributed by atoms with E-state index >= 15 is 0 Å². The number of ketones is 2. The van der Waals surface area contributed by atoms with Crippen molar-refractivity contribution >= 4 is 23.5 Å². The molecule has 3 aliphatic carbocycles. The Morgan fingerprint density at radius 3 is 2.22 bits per heavy atom. The molecule has 4 fully saturated rings. The molecular weight excluding hydrogens is 408 g/mol. The third-order valence-electron chi connectivity index (χ3n) is 10.3. The van der Waals surface area contributed by atoms with E-state index < -0.39 is 45.5 Å². The van der Waals surface area contributed by atoms with Gasteiger partial charge in [-0.1, -0.05) is 39.8 Å². The van der Waals surface area contributed by atoms with Gasteiger partial charge in [-0.25, -0.2) is 4.79 Å². The van der Waals surface area contributed by atoms with Crippen LogP contribution in [0.25, 0.3) is 0 Å². The third-order valence-corrected chi connectivity index (χ3v) is 10.3. The summed E-state index contributed by atoms with van der Waals surface area (Å²) in [6, 6.07) is 0. The van der Waals surface area contributed by atoms with Gasteiger partial charge in [0.05, 0.1) is 18.4 Å². The van der Waals surface area contributed by atoms with Crippen molar-refractivity contribution in [2.75, 3.05) is 7.11 Å². The quantitative estimate of drug-likeness (QED) is 0.344. The van der Waals surface area contributed by atoms with E-state index in [1.54, 1.807) is 6.92 Å². The molecule has 3 saturated carbocycles. The molecular formula is C26H36O6. The number of fused-ring (bicyclic) bond motifs is 5. The van der Waals surface area contributed by atoms with Gasteiger partial charge in [0.2, 0.25) is 0 Å². The van der Waals surface area contributed by atoms with Crippen LogP contribution in [-0.4, -0.2) is 36.2 Å². The minimum absolute atomic E-state index is 0.0922. The molecule has 7 unspecified atom stereocenters. The molecule has 1 saturated heterocycles. The largest absolute Gasteiger partial charge is 0.466 e. The number of carbonyl (C=O) groups excluding carboxylic acids is 4. The van der Waals surface area contributed by atoms with Crippen LogP contribution in [0, 0.1) is 39.4 Å². The van der Waals surface area contributed by atoms with E-state index in [1.165, 1.54) is 14.0 Å². The zero-order valence-electron chi connectivity index (χ0n) is 20.4. The number of Topliss-reactive ketones (excluding diaryl/α,β-unsaturated/α-hetero) is 2. The number of carbonyl (C=O) groups is 4. The highest BCUT2D eigenvalue weighted by atomic mass is 16.6. The third kappa shape index (κ3) is 2.47. The summed E-state index contributed by atoms with van der Waals surface area (Å²) in [5.41, 5.74) is -3.56. The number of rotatable bonds is 1. The number of methoxy groups -OCH3 is 1. The zero-order valence-corrected chi connectivity index (χ0v) is 20.4. The van der Waals surface area contributed by atoms with Crippen LogP contribution in [0.15, 0.2) is 12.2 Å². The lowest BCUT2D eigenvalue weighted by molar-refractivity contribution is -0.224. The van der Waals surface area contributed by atoms with Crippen LogP contribution < -0.4 is 0 Å². The van der Waals surface area contributed by atoms with Crippen molar-refractivity contribution < 1.29 is 28.7 Å².